The van der Waals surface area contributed by atoms with Crippen molar-refractivity contribution >= 4 is 6.09 Å². The second-order valence-electron chi connectivity index (χ2n) is 3.17. The van der Waals surface area contributed by atoms with Gasteiger partial charge in [0.25, 0.3) is 0 Å². The van der Waals surface area contributed by atoms with Gasteiger partial charge in [-0.3, -0.25) is 0 Å². The van der Waals surface area contributed by atoms with Crippen molar-refractivity contribution in [1.82, 2.24) is 5.32 Å². The minimum atomic E-state index is -0.366. The summed E-state index contributed by atoms with van der Waals surface area (Å²) < 4.78 is 10.0. The minimum absolute atomic E-state index is 0.0898. The highest BCUT2D eigenvalue weighted by molar-refractivity contribution is 5.66. The summed E-state index contributed by atoms with van der Waals surface area (Å²) in [7, 11) is 1.55. The van der Waals surface area contributed by atoms with E-state index >= 15 is 0 Å². The normalized spacial score (nSPS) is 19.5. The van der Waals surface area contributed by atoms with Gasteiger partial charge in [0.15, 0.2) is 0 Å². The van der Waals surface area contributed by atoms with Gasteiger partial charge in [-0.15, -0.1) is 0 Å². The molecule has 0 aromatic heterocycles. The Morgan fingerprint density at radius 2 is 2.33 bits per heavy atom. The third kappa shape index (κ3) is 1.88. The molecule has 0 spiro atoms. The highest BCUT2D eigenvalue weighted by Crippen LogP contribution is 2.31. The lowest BCUT2D eigenvalue weighted by Crippen LogP contribution is -2.46. The van der Waals surface area contributed by atoms with E-state index in [1.807, 2.05) is 0 Å². The fourth-order valence-electron chi connectivity index (χ4n) is 1.07. The van der Waals surface area contributed by atoms with Crippen LogP contribution in [0.1, 0.15) is 13.3 Å². The molecule has 4 nitrogen and oxygen atoms in total. The summed E-state index contributed by atoms with van der Waals surface area (Å²) in [5.41, 5.74) is 0.0898. The minimum Gasteiger partial charge on any atom is -0.449 e. The monoisotopic (exact) mass is 173 g/mol. The predicted molar refractivity (Wildman–Crippen MR) is 44.0 cm³/mol. The molecule has 0 atom stereocenters. The first-order valence-electron chi connectivity index (χ1n) is 4.15. The Hall–Kier alpha value is -0.770. The van der Waals surface area contributed by atoms with E-state index in [1.165, 1.54) is 0 Å². The topological polar surface area (TPSA) is 47.6 Å². The predicted octanol–water partition coefficient (Wildman–Crippen LogP) is 0.769. The average Bonchev–Trinajstić information content (AvgIpc) is 2.03. The van der Waals surface area contributed by atoms with Crippen molar-refractivity contribution in [2.45, 2.75) is 13.3 Å². The van der Waals surface area contributed by atoms with E-state index in [4.69, 9.17) is 9.47 Å². The maximum atomic E-state index is 10.7. The van der Waals surface area contributed by atoms with E-state index in [0.717, 1.165) is 6.42 Å². The lowest BCUT2D eigenvalue weighted by molar-refractivity contribution is -0.138. The maximum absolute atomic E-state index is 10.7. The van der Waals surface area contributed by atoms with Gasteiger partial charge in [0.2, 0.25) is 0 Å². The zero-order chi connectivity index (χ0) is 9.03. The number of carbonyl (C=O) groups is 1. The van der Waals surface area contributed by atoms with Gasteiger partial charge >= 0.3 is 6.09 Å². The zero-order valence-corrected chi connectivity index (χ0v) is 7.55. The van der Waals surface area contributed by atoms with Crippen LogP contribution < -0.4 is 5.32 Å². The first-order valence-corrected chi connectivity index (χ1v) is 4.15. The third-order valence-corrected chi connectivity index (χ3v) is 2.28. The van der Waals surface area contributed by atoms with Crippen LogP contribution in [0.25, 0.3) is 0 Å². The summed E-state index contributed by atoms with van der Waals surface area (Å²) in [5.74, 6) is 0. The Morgan fingerprint density at radius 3 is 2.67 bits per heavy atom. The molecule has 1 amide bonds. The number of nitrogens with one attached hydrogen (secondary N) is 1. The Morgan fingerprint density at radius 1 is 1.67 bits per heavy atom. The average molecular weight is 173 g/mol. The van der Waals surface area contributed by atoms with Crippen LogP contribution in [0.4, 0.5) is 4.79 Å². The molecule has 0 aromatic rings. The standard InChI is InChI=1S/C8H15NO3/c1-3-8(4-11-5-8)6-12-7(10)9-2/h3-6H2,1-2H3,(H,9,10). The largest absolute Gasteiger partial charge is 0.449 e. The summed E-state index contributed by atoms with van der Waals surface area (Å²) in [4.78, 5) is 10.7. The molecule has 1 fully saturated rings. The number of hydrogen-bond acceptors (Lipinski definition) is 3. The summed E-state index contributed by atoms with van der Waals surface area (Å²) in [6.07, 6.45) is 0.624. The molecule has 1 N–H and O–H groups in total. The van der Waals surface area contributed by atoms with Crippen LogP contribution in [0.3, 0.4) is 0 Å². The first-order chi connectivity index (χ1) is 5.72. The first kappa shape index (κ1) is 9.32. The van der Waals surface area contributed by atoms with Crippen LogP contribution in [0.2, 0.25) is 0 Å². The fourth-order valence-corrected chi connectivity index (χ4v) is 1.07. The molecule has 1 saturated heterocycles. The third-order valence-electron chi connectivity index (χ3n) is 2.28. The van der Waals surface area contributed by atoms with Crippen molar-refractivity contribution in [3.8, 4) is 0 Å². The summed E-state index contributed by atoms with van der Waals surface area (Å²) in [6.45, 7) is 3.96. The molecule has 0 aliphatic carbocycles. The highest BCUT2D eigenvalue weighted by atomic mass is 16.6. The van der Waals surface area contributed by atoms with E-state index in [0.29, 0.717) is 19.8 Å². The highest BCUT2D eigenvalue weighted by Gasteiger charge is 2.38. The second kappa shape index (κ2) is 3.76. The van der Waals surface area contributed by atoms with Gasteiger partial charge in [-0.1, -0.05) is 6.92 Å². The second-order valence-corrected chi connectivity index (χ2v) is 3.17. The van der Waals surface area contributed by atoms with Gasteiger partial charge < -0.3 is 14.8 Å². The van der Waals surface area contributed by atoms with E-state index in [-0.39, 0.29) is 11.5 Å². The maximum Gasteiger partial charge on any atom is 0.406 e. The summed E-state index contributed by atoms with van der Waals surface area (Å²) in [6, 6.07) is 0. The van der Waals surface area contributed by atoms with Crippen LogP contribution >= 0.6 is 0 Å². The molecule has 0 aromatic carbocycles. The molecule has 1 heterocycles. The molecule has 0 saturated carbocycles. The van der Waals surface area contributed by atoms with Crippen molar-refractivity contribution in [3.63, 3.8) is 0 Å². The van der Waals surface area contributed by atoms with Crippen LogP contribution in [-0.4, -0.2) is 33.0 Å². The quantitative estimate of drug-likeness (QED) is 0.685. The zero-order valence-electron chi connectivity index (χ0n) is 7.55. The lowest BCUT2D eigenvalue weighted by atomic mass is 9.84. The molecule has 0 unspecified atom stereocenters. The SMILES string of the molecule is CCC1(COC(=O)NC)COC1. The molecule has 12 heavy (non-hydrogen) atoms. The van der Waals surface area contributed by atoms with Crippen molar-refractivity contribution in [2.75, 3.05) is 26.9 Å². The summed E-state index contributed by atoms with van der Waals surface area (Å²) >= 11 is 0. The van der Waals surface area contributed by atoms with Crippen LogP contribution in [-0.2, 0) is 9.47 Å². The number of rotatable bonds is 3. The van der Waals surface area contributed by atoms with E-state index in [2.05, 4.69) is 12.2 Å². The number of carbonyl (C=O) groups excluding carboxylic acids is 1. The van der Waals surface area contributed by atoms with Crippen LogP contribution in [0.15, 0.2) is 0 Å². The van der Waals surface area contributed by atoms with E-state index in [9.17, 15) is 4.79 Å². The summed E-state index contributed by atoms with van der Waals surface area (Å²) in [5, 5.41) is 2.41. The fraction of sp³-hybridized carbons (Fsp3) is 0.875. The number of hydrogen-bond donors (Lipinski definition) is 1. The number of ether oxygens (including phenoxy) is 2. The van der Waals surface area contributed by atoms with Crippen molar-refractivity contribution in [3.05, 3.63) is 0 Å². The molecular formula is C8H15NO3. The van der Waals surface area contributed by atoms with Crippen molar-refractivity contribution in [2.24, 2.45) is 5.41 Å². The van der Waals surface area contributed by atoms with Gasteiger partial charge in [-0.25, -0.2) is 4.79 Å². The van der Waals surface area contributed by atoms with Crippen LogP contribution in [0.5, 0.6) is 0 Å². The van der Waals surface area contributed by atoms with E-state index < -0.39 is 0 Å². The Kier molecular flexibility index (Phi) is 2.92. The van der Waals surface area contributed by atoms with Gasteiger partial charge in [-0.2, -0.15) is 0 Å². The van der Waals surface area contributed by atoms with Crippen molar-refractivity contribution < 1.29 is 14.3 Å². The number of amides is 1. The Balaban J connectivity index is 2.24. The molecular weight excluding hydrogens is 158 g/mol. The van der Waals surface area contributed by atoms with Crippen LogP contribution in [0, 0.1) is 5.41 Å². The van der Waals surface area contributed by atoms with Crippen molar-refractivity contribution in [1.29, 1.82) is 0 Å². The smallest absolute Gasteiger partial charge is 0.406 e. The molecule has 70 valence electrons. The molecule has 1 aliphatic heterocycles. The molecule has 1 aliphatic rings. The molecule has 0 radical (unpaired) electrons. The van der Waals surface area contributed by atoms with Gasteiger partial charge in [0, 0.05) is 7.05 Å². The van der Waals surface area contributed by atoms with E-state index in [1.54, 1.807) is 7.05 Å². The van der Waals surface area contributed by atoms with Gasteiger partial charge in [0.1, 0.15) is 6.61 Å². The Bertz CT molecular complexity index is 160. The van der Waals surface area contributed by atoms with Gasteiger partial charge in [-0.05, 0) is 6.42 Å². The Labute approximate surface area is 72.2 Å². The molecule has 0 bridgehead atoms. The number of alkyl carbamates (subject to hydrolysis) is 1. The van der Waals surface area contributed by atoms with Gasteiger partial charge in [0.05, 0.1) is 18.6 Å². The lowest BCUT2D eigenvalue weighted by Gasteiger charge is -2.39. The molecule has 1 rings (SSSR count). The molecule has 4 heteroatoms.